The number of ketones is 1. The number of allylic oxidation sites excluding steroid dienone is 2. The predicted molar refractivity (Wildman–Crippen MR) is 414 cm³/mol. The Bertz CT molecular complexity index is 4380. The van der Waals surface area contributed by atoms with Crippen LogP contribution in [0.3, 0.4) is 0 Å². The zero-order chi connectivity index (χ0) is 84.9. The maximum atomic E-state index is 15.8. The van der Waals surface area contributed by atoms with Crippen molar-refractivity contribution in [1.82, 2.24) is 0 Å². The summed E-state index contributed by atoms with van der Waals surface area (Å²) in [5.74, 6) is -9.78. The van der Waals surface area contributed by atoms with Crippen LogP contribution in [0.2, 0.25) is 0 Å². The van der Waals surface area contributed by atoms with Gasteiger partial charge in [-0.05, 0) is 164 Å². The highest BCUT2D eigenvalue weighted by atomic mass is 16.8. The number of carbonyl (C=O) groups excluding carboxylic acids is 12. The molecule has 12 rings (SSSR count). The van der Waals surface area contributed by atoms with Gasteiger partial charge in [-0.25, -0.2) is 19.2 Å². The van der Waals surface area contributed by atoms with Gasteiger partial charge in [0.05, 0.1) is 46.8 Å². The molecular formula is C90H108O28. The van der Waals surface area contributed by atoms with Crippen LogP contribution >= 0.6 is 0 Å². The molecule has 0 amide bonds. The van der Waals surface area contributed by atoms with Crippen LogP contribution in [-0.4, -0.2) is 183 Å². The van der Waals surface area contributed by atoms with E-state index in [1.165, 1.54) is 68.0 Å². The van der Waals surface area contributed by atoms with Gasteiger partial charge in [0.1, 0.15) is 37.3 Å². The largest absolute Gasteiger partial charge is 0.463 e. The summed E-state index contributed by atoms with van der Waals surface area (Å²) in [4.78, 5) is 165. The highest BCUT2D eigenvalue weighted by Crippen LogP contribution is 2.76. The minimum atomic E-state index is -2.01. The van der Waals surface area contributed by atoms with E-state index in [1.54, 1.807) is 72.8 Å². The van der Waals surface area contributed by atoms with Crippen molar-refractivity contribution in [3.63, 3.8) is 0 Å². The number of hydrogen-bond acceptors (Lipinski definition) is 28. The fraction of sp³-hybridized carbons (Fsp3) is 0.578. The Morgan fingerprint density at radius 1 is 0.424 bits per heavy atom. The molecule has 0 radical (unpaired) electrons. The van der Waals surface area contributed by atoms with Crippen LogP contribution in [0.5, 0.6) is 0 Å². The number of rotatable bonds is 25. The van der Waals surface area contributed by atoms with Gasteiger partial charge in [0, 0.05) is 41.0 Å². The normalized spacial score (nSPS) is 34.4. The lowest BCUT2D eigenvalue weighted by molar-refractivity contribution is -0.356. The van der Waals surface area contributed by atoms with E-state index >= 15 is 4.79 Å². The van der Waals surface area contributed by atoms with Crippen molar-refractivity contribution in [1.29, 1.82) is 0 Å². The third-order valence-corrected chi connectivity index (χ3v) is 26.5. The van der Waals surface area contributed by atoms with Crippen LogP contribution in [0.4, 0.5) is 0 Å². The second-order valence-corrected chi connectivity index (χ2v) is 34.1. The van der Waals surface area contributed by atoms with Crippen LogP contribution in [-0.2, 0) is 114 Å². The van der Waals surface area contributed by atoms with E-state index in [0.29, 0.717) is 44.9 Å². The molecule has 4 aromatic carbocycles. The molecule has 7 fully saturated rings. The topological polar surface area (TPSA) is 353 Å². The first-order valence-electron chi connectivity index (χ1n) is 40.7. The molecule has 4 saturated carbocycles. The van der Waals surface area contributed by atoms with Gasteiger partial charge in [-0.1, -0.05) is 133 Å². The highest BCUT2D eigenvalue weighted by Gasteiger charge is 2.71. The summed E-state index contributed by atoms with van der Waals surface area (Å²) in [6.07, 6.45) is -17.1. The standard InChI is InChI=1S/C90H108O28/c1-49-38-43-90(85(102)118-84-76(109-56(8)96)73(108-55(7)95)70(107-54(6)94)63(111-84)46-103-52(4)92)45-44-88(12)61(69(90)51(49)3)35-36-66-87(11)41-40-67(86(9,10)65(87)39-42-89(66,88)13)112-82-75(113-68(97)37-34-50(2)91)72(62(48-105-82)106-53(5)93)117-83-77(116-81(101)60-32-24-17-25-33-60)74(115-80(100)59-30-22-16-23-31-59)71(114-79(99)58-28-20-15-21-29-58)64(110-83)47-104-78(98)57-26-18-14-19-27-57/h14-33,35,49,51,62-67,69-77,82-84H,34,36-48H2,1-13H3/t49-,51+,62+,63-,64-,65+,66-,67+,69+,70-,71-,72+,73+,74+,75-,76-,77-,82+,83+,84+,87+,88-,89-,90+/m1/s1. The van der Waals surface area contributed by atoms with E-state index in [2.05, 4.69) is 54.5 Å². The van der Waals surface area contributed by atoms with E-state index in [4.69, 9.17) is 75.8 Å². The number of carbonyl (C=O) groups is 12. The van der Waals surface area contributed by atoms with Crippen molar-refractivity contribution in [3.05, 3.63) is 155 Å². The Morgan fingerprint density at radius 2 is 0.907 bits per heavy atom. The lowest BCUT2D eigenvalue weighted by Gasteiger charge is -2.71. The average molecular weight is 1640 g/mol. The van der Waals surface area contributed by atoms with Crippen molar-refractivity contribution >= 4 is 71.4 Å². The zero-order valence-electron chi connectivity index (χ0n) is 69.0. The molecule has 4 aromatic rings. The smallest absolute Gasteiger partial charge is 0.338 e. The van der Waals surface area contributed by atoms with Crippen molar-refractivity contribution in [2.45, 2.75) is 253 Å². The fourth-order valence-corrected chi connectivity index (χ4v) is 20.5. The number of hydrogen-bond donors (Lipinski definition) is 0. The maximum absolute atomic E-state index is 15.8. The van der Waals surface area contributed by atoms with Gasteiger partial charge in [0.2, 0.25) is 12.4 Å². The molecule has 0 bridgehead atoms. The van der Waals surface area contributed by atoms with Gasteiger partial charge in [-0.15, -0.1) is 0 Å². The molecule has 0 N–H and O–H groups in total. The van der Waals surface area contributed by atoms with Crippen molar-refractivity contribution in [3.8, 4) is 0 Å². The Labute approximate surface area is 686 Å². The molecular weight excluding hydrogens is 1530 g/mol. The molecule has 0 aromatic heterocycles. The highest BCUT2D eigenvalue weighted by molar-refractivity contribution is 5.92. The van der Waals surface area contributed by atoms with E-state index in [9.17, 15) is 52.7 Å². The van der Waals surface area contributed by atoms with Crippen LogP contribution in [0.25, 0.3) is 0 Å². The molecule has 28 heteroatoms. The van der Waals surface area contributed by atoms with Crippen LogP contribution in [0, 0.1) is 56.7 Å². The first-order chi connectivity index (χ1) is 56.1. The number of esters is 11. The quantitative estimate of drug-likeness (QED) is 0.0257. The van der Waals surface area contributed by atoms with Gasteiger partial charge in [-0.2, -0.15) is 0 Å². The number of fused-ring (bicyclic) bond motifs is 7. The van der Waals surface area contributed by atoms with Crippen molar-refractivity contribution < 1.29 is 133 Å². The molecule has 0 unspecified atom stereocenters. The Kier molecular flexibility index (Phi) is 27.1. The Balaban J connectivity index is 0.872. The predicted octanol–water partition coefficient (Wildman–Crippen LogP) is 11.9. The van der Waals surface area contributed by atoms with Crippen molar-refractivity contribution in [2.75, 3.05) is 19.8 Å². The summed E-state index contributed by atoms with van der Waals surface area (Å²) in [6.45, 7) is 21.1. The molecule has 5 aliphatic carbocycles. The van der Waals surface area contributed by atoms with E-state index < -0.39 is 200 Å². The van der Waals surface area contributed by atoms with Gasteiger partial charge >= 0.3 is 65.7 Å². The van der Waals surface area contributed by atoms with Crippen LogP contribution in [0.15, 0.2) is 133 Å². The van der Waals surface area contributed by atoms with E-state index in [1.807, 2.05) is 0 Å². The zero-order valence-corrected chi connectivity index (χ0v) is 69.0. The first-order valence-corrected chi connectivity index (χ1v) is 40.7. The molecule has 118 heavy (non-hydrogen) atoms. The van der Waals surface area contributed by atoms with Gasteiger partial charge in [0.15, 0.2) is 55.3 Å². The van der Waals surface area contributed by atoms with Gasteiger partial charge in [-0.3, -0.25) is 33.6 Å². The van der Waals surface area contributed by atoms with Crippen LogP contribution in [0.1, 0.15) is 202 Å². The summed E-state index contributed by atoms with van der Waals surface area (Å²) < 4.78 is 101. The number of ether oxygens (including phenoxy) is 16. The third-order valence-electron chi connectivity index (χ3n) is 26.5. The van der Waals surface area contributed by atoms with Gasteiger partial charge < -0.3 is 80.6 Å². The monoisotopic (exact) mass is 1640 g/mol. The second-order valence-electron chi connectivity index (χ2n) is 34.1. The fourth-order valence-electron chi connectivity index (χ4n) is 20.5. The summed E-state index contributed by atoms with van der Waals surface area (Å²) in [5, 5.41) is 0. The molecule has 3 heterocycles. The van der Waals surface area contributed by atoms with Gasteiger partial charge in [0.25, 0.3) is 0 Å². The summed E-state index contributed by atoms with van der Waals surface area (Å²) in [7, 11) is 0. The minimum Gasteiger partial charge on any atom is -0.463 e. The molecule has 28 nitrogen and oxygen atoms in total. The maximum Gasteiger partial charge on any atom is 0.338 e. The first kappa shape index (κ1) is 87.6. The molecule has 0 spiro atoms. The summed E-state index contributed by atoms with van der Waals surface area (Å²) in [5.41, 5.74) is -1.63. The molecule has 3 aliphatic heterocycles. The van der Waals surface area contributed by atoms with Crippen molar-refractivity contribution in [2.24, 2.45) is 56.7 Å². The Morgan fingerprint density at radius 3 is 1.46 bits per heavy atom. The SMILES string of the molecule is CC(=O)CCC(=O)O[C@H]1[C@H](O[C@H]2CC[C@]3(C)[C@H]4CC=C5[C@@H]6[C@@H](C)[C@H](C)CC[C@]6(C(=O)O[C@@H]6O[C@H](COC(C)=O)[C@@H](OC(C)=O)[C@H](OC(C)=O)[C@H]6OC(C)=O)CC[C@@]5(C)[C@]4(C)CC[C@H]3C2(C)C)OC[C@H](OC(C)=O)[C@@H]1O[C@@H]1O[C@H](COC(=O)c2ccccc2)[C@@H](OC(=O)c2ccccc2)[C@H](OC(=O)c2ccccc2)[C@H]1OC(=O)c1ccccc1. The van der Waals surface area contributed by atoms with E-state index in [0.717, 1.165) is 40.5 Å². The molecule has 3 saturated heterocycles. The molecule has 24 atom stereocenters. The molecule has 8 aliphatic rings. The lowest BCUT2D eigenvalue weighted by atomic mass is 9.33. The number of Topliss-reactive ketones (excluding diaryl/α,β-unsaturated/α-hetero) is 1. The average Bonchev–Trinajstić information content (AvgIpc) is 0.673. The third kappa shape index (κ3) is 18.4. The Hall–Kier alpha value is -9.74. The minimum absolute atomic E-state index is 0.0102. The lowest BCUT2D eigenvalue weighted by Crippen LogP contribution is -2.67. The van der Waals surface area contributed by atoms with E-state index in [-0.39, 0.29) is 74.9 Å². The molecule has 636 valence electrons. The summed E-state index contributed by atoms with van der Waals surface area (Å²) in [6, 6.07) is 31.4. The number of benzene rings is 4. The van der Waals surface area contributed by atoms with Crippen LogP contribution < -0.4 is 0 Å². The second kappa shape index (κ2) is 36.5. The summed E-state index contributed by atoms with van der Waals surface area (Å²) >= 11 is 0.